The zero-order valence-electron chi connectivity index (χ0n) is 16.2. The van der Waals surface area contributed by atoms with Crippen molar-refractivity contribution in [3.05, 3.63) is 71.3 Å². The Morgan fingerprint density at radius 2 is 1.65 bits per heavy atom. The lowest BCUT2D eigenvalue weighted by Crippen LogP contribution is -2.59. The molecule has 2 aromatic carbocycles. The average Bonchev–Trinajstić information content (AvgIpc) is 2.62. The van der Waals surface area contributed by atoms with E-state index < -0.39 is 0 Å². The normalized spacial score (nSPS) is 19.2. The van der Waals surface area contributed by atoms with E-state index in [4.69, 9.17) is 5.26 Å². The van der Waals surface area contributed by atoms with Crippen LogP contribution in [0.5, 0.6) is 0 Å². The number of hydrogen-bond donors (Lipinski definition) is 0. The van der Waals surface area contributed by atoms with E-state index in [1.54, 1.807) is 0 Å². The van der Waals surface area contributed by atoms with Gasteiger partial charge in [0.2, 0.25) is 0 Å². The monoisotopic (exact) mass is 347 g/mol. The predicted molar refractivity (Wildman–Crippen MR) is 107 cm³/mol. The van der Waals surface area contributed by atoms with Crippen LogP contribution in [0.1, 0.15) is 37.5 Å². The van der Waals surface area contributed by atoms with Crippen LogP contribution in [0.4, 0.5) is 0 Å². The van der Waals surface area contributed by atoms with Crippen LogP contribution in [0.3, 0.4) is 0 Å². The van der Waals surface area contributed by atoms with E-state index in [9.17, 15) is 0 Å². The van der Waals surface area contributed by atoms with E-state index in [0.29, 0.717) is 6.04 Å². The van der Waals surface area contributed by atoms with Gasteiger partial charge in [-0.05, 0) is 50.5 Å². The van der Waals surface area contributed by atoms with Crippen molar-refractivity contribution in [1.82, 2.24) is 9.80 Å². The molecule has 1 saturated heterocycles. The van der Waals surface area contributed by atoms with Gasteiger partial charge in [0.15, 0.2) is 0 Å². The number of nitriles is 1. The van der Waals surface area contributed by atoms with Crippen LogP contribution in [-0.2, 0) is 13.0 Å². The Morgan fingerprint density at radius 1 is 0.962 bits per heavy atom. The van der Waals surface area contributed by atoms with Crippen molar-refractivity contribution >= 4 is 0 Å². The van der Waals surface area contributed by atoms with Crippen molar-refractivity contribution in [3.63, 3.8) is 0 Å². The van der Waals surface area contributed by atoms with Crippen LogP contribution in [0.15, 0.2) is 54.6 Å². The lowest BCUT2D eigenvalue weighted by Gasteiger charge is -2.48. The first-order chi connectivity index (χ1) is 12.5. The van der Waals surface area contributed by atoms with Gasteiger partial charge in [-0.2, -0.15) is 5.26 Å². The smallest absolute Gasteiger partial charge is 0.0991 e. The van der Waals surface area contributed by atoms with Crippen LogP contribution in [0.2, 0.25) is 0 Å². The summed E-state index contributed by atoms with van der Waals surface area (Å²) in [6, 6.07) is 21.5. The summed E-state index contributed by atoms with van der Waals surface area (Å²) in [7, 11) is 0. The second-order valence-corrected chi connectivity index (χ2v) is 8.25. The largest absolute Gasteiger partial charge is 0.296 e. The molecule has 1 aliphatic heterocycles. The van der Waals surface area contributed by atoms with E-state index in [-0.39, 0.29) is 5.54 Å². The average molecular weight is 348 g/mol. The lowest BCUT2D eigenvalue weighted by molar-refractivity contribution is 0.00738. The highest BCUT2D eigenvalue weighted by Crippen LogP contribution is 2.24. The molecule has 1 fully saturated rings. The van der Waals surface area contributed by atoms with Crippen molar-refractivity contribution in [3.8, 4) is 6.07 Å². The summed E-state index contributed by atoms with van der Waals surface area (Å²) in [6.45, 7) is 11.2. The minimum Gasteiger partial charge on any atom is -0.296 e. The zero-order valence-corrected chi connectivity index (χ0v) is 16.2. The van der Waals surface area contributed by atoms with Crippen LogP contribution in [-0.4, -0.2) is 41.0 Å². The van der Waals surface area contributed by atoms with Gasteiger partial charge < -0.3 is 0 Å². The third-order valence-corrected chi connectivity index (χ3v) is 5.23. The Morgan fingerprint density at radius 3 is 2.27 bits per heavy atom. The zero-order chi connectivity index (χ0) is 18.6. The first kappa shape index (κ1) is 18.6. The second kappa shape index (κ2) is 8.03. The molecule has 3 heteroatoms. The van der Waals surface area contributed by atoms with Crippen LogP contribution in [0, 0.1) is 11.3 Å². The summed E-state index contributed by atoms with van der Waals surface area (Å²) in [5.41, 5.74) is 3.59. The van der Waals surface area contributed by atoms with Gasteiger partial charge in [-0.1, -0.05) is 42.5 Å². The van der Waals surface area contributed by atoms with Crippen molar-refractivity contribution in [2.45, 2.75) is 45.3 Å². The van der Waals surface area contributed by atoms with E-state index in [2.05, 4.69) is 79.1 Å². The van der Waals surface area contributed by atoms with Crippen molar-refractivity contribution in [1.29, 1.82) is 5.26 Å². The number of hydrogen-bond acceptors (Lipinski definition) is 3. The minimum absolute atomic E-state index is 0.163. The second-order valence-electron chi connectivity index (χ2n) is 8.25. The summed E-state index contributed by atoms with van der Waals surface area (Å²) in [5.74, 6) is 0. The van der Waals surface area contributed by atoms with Crippen molar-refractivity contribution in [2.75, 3.05) is 19.6 Å². The Bertz CT molecular complexity index is 738. The Balaban J connectivity index is 1.73. The minimum atomic E-state index is 0.163. The van der Waals surface area contributed by atoms with Crippen molar-refractivity contribution < 1.29 is 0 Å². The van der Waals surface area contributed by atoms with E-state index >= 15 is 0 Å². The van der Waals surface area contributed by atoms with Gasteiger partial charge in [-0.15, -0.1) is 0 Å². The van der Waals surface area contributed by atoms with E-state index in [1.807, 2.05) is 12.1 Å². The first-order valence-corrected chi connectivity index (χ1v) is 9.48. The van der Waals surface area contributed by atoms with Gasteiger partial charge in [-0.25, -0.2) is 0 Å². The molecule has 0 aromatic heterocycles. The molecule has 0 amide bonds. The first-order valence-electron chi connectivity index (χ1n) is 9.48. The van der Waals surface area contributed by atoms with Gasteiger partial charge >= 0.3 is 0 Å². The lowest BCUT2D eigenvalue weighted by atomic mass is 9.95. The van der Waals surface area contributed by atoms with E-state index in [0.717, 1.165) is 38.2 Å². The maximum atomic E-state index is 9.01. The van der Waals surface area contributed by atoms with Gasteiger partial charge in [0.05, 0.1) is 11.6 Å². The fourth-order valence-electron chi connectivity index (χ4n) is 3.95. The number of piperazine rings is 1. The maximum Gasteiger partial charge on any atom is 0.0991 e. The standard InChI is InChI=1S/C23H29N3/c1-23(2,3)26-14-13-25(17-21-7-5-4-6-8-21)18-22(26)15-19-9-11-20(16-24)12-10-19/h4-12,22H,13-15,17-18H2,1-3H3/t22-/m1/s1. The number of nitrogens with zero attached hydrogens (tertiary/aromatic N) is 3. The molecule has 2 aromatic rings. The summed E-state index contributed by atoms with van der Waals surface area (Å²) < 4.78 is 0. The number of benzene rings is 2. The molecule has 1 heterocycles. The number of rotatable bonds is 4. The molecular weight excluding hydrogens is 318 g/mol. The van der Waals surface area contributed by atoms with Gasteiger partial charge in [-0.3, -0.25) is 9.80 Å². The summed E-state index contributed by atoms with van der Waals surface area (Å²) in [6.07, 6.45) is 1.02. The molecule has 136 valence electrons. The molecule has 1 aliphatic rings. The molecule has 1 atom stereocenters. The van der Waals surface area contributed by atoms with Crippen molar-refractivity contribution in [2.24, 2.45) is 0 Å². The third kappa shape index (κ3) is 4.72. The Labute approximate surface area is 157 Å². The fraction of sp³-hybridized carbons (Fsp3) is 0.435. The van der Waals surface area contributed by atoms with Crippen LogP contribution >= 0.6 is 0 Å². The highest BCUT2D eigenvalue weighted by Gasteiger charge is 2.33. The molecule has 0 unspecified atom stereocenters. The van der Waals surface area contributed by atoms with Gasteiger partial charge in [0.25, 0.3) is 0 Å². The summed E-state index contributed by atoms with van der Waals surface area (Å²) in [5, 5.41) is 9.01. The van der Waals surface area contributed by atoms with E-state index in [1.165, 1.54) is 11.1 Å². The van der Waals surface area contributed by atoms with Gasteiger partial charge in [0.1, 0.15) is 0 Å². The molecule has 3 rings (SSSR count). The van der Waals surface area contributed by atoms with Gasteiger partial charge in [0, 0.05) is 37.8 Å². The van der Waals surface area contributed by atoms with Crippen LogP contribution in [0.25, 0.3) is 0 Å². The highest BCUT2D eigenvalue weighted by molar-refractivity contribution is 5.32. The Hall–Kier alpha value is -2.15. The summed E-state index contributed by atoms with van der Waals surface area (Å²) >= 11 is 0. The molecule has 26 heavy (non-hydrogen) atoms. The highest BCUT2D eigenvalue weighted by atomic mass is 15.3. The maximum absolute atomic E-state index is 9.01. The third-order valence-electron chi connectivity index (χ3n) is 5.23. The molecule has 0 saturated carbocycles. The molecule has 0 bridgehead atoms. The summed E-state index contributed by atoms with van der Waals surface area (Å²) in [4.78, 5) is 5.22. The molecule has 0 spiro atoms. The molecular formula is C23H29N3. The molecule has 0 N–H and O–H groups in total. The topological polar surface area (TPSA) is 30.3 Å². The Kier molecular flexibility index (Phi) is 5.76. The molecule has 0 radical (unpaired) electrons. The predicted octanol–water partition coefficient (Wildman–Crippen LogP) is 4.09. The van der Waals surface area contributed by atoms with Crippen LogP contribution < -0.4 is 0 Å². The fourth-order valence-corrected chi connectivity index (χ4v) is 3.95. The molecule has 3 nitrogen and oxygen atoms in total. The quantitative estimate of drug-likeness (QED) is 0.835. The SMILES string of the molecule is CC(C)(C)N1CCN(Cc2ccccc2)C[C@H]1Cc1ccc(C#N)cc1. The molecule has 0 aliphatic carbocycles.